The van der Waals surface area contributed by atoms with Crippen LogP contribution in [0.5, 0.6) is 5.75 Å². The standard InChI is InChI=1S/C15H18N2O4S/c1-20-13-6-4-3-5-11(13)14(18)17-12(7-10-22-2)15(19)21-9-8-16/h3-6,12H,7,9-10H2,1-2H3,(H,17,18)/t12-/m1/s1. The van der Waals surface area contributed by atoms with E-state index < -0.39 is 17.9 Å². The second kappa shape index (κ2) is 9.68. The summed E-state index contributed by atoms with van der Waals surface area (Å²) in [6.07, 6.45) is 2.33. The zero-order chi connectivity index (χ0) is 16.4. The highest BCUT2D eigenvalue weighted by Crippen LogP contribution is 2.17. The van der Waals surface area contributed by atoms with Crippen LogP contribution in [0, 0.1) is 11.3 Å². The minimum absolute atomic E-state index is 0.334. The third kappa shape index (κ3) is 5.30. The number of amides is 1. The molecule has 1 rings (SSSR count). The quantitative estimate of drug-likeness (QED) is 0.732. The molecule has 0 aliphatic rings. The summed E-state index contributed by atoms with van der Waals surface area (Å²) in [6, 6.07) is 7.68. The van der Waals surface area contributed by atoms with Gasteiger partial charge in [0.2, 0.25) is 0 Å². The molecule has 0 saturated heterocycles. The van der Waals surface area contributed by atoms with Gasteiger partial charge in [0.1, 0.15) is 17.9 Å². The van der Waals surface area contributed by atoms with Crippen molar-refractivity contribution in [1.82, 2.24) is 5.32 Å². The molecule has 7 heteroatoms. The van der Waals surface area contributed by atoms with E-state index in [0.29, 0.717) is 23.5 Å². The first-order chi connectivity index (χ1) is 10.6. The van der Waals surface area contributed by atoms with Crippen molar-refractivity contribution in [3.63, 3.8) is 0 Å². The molecular formula is C15H18N2O4S. The molecule has 118 valence electrons. The average molecular weight is 322 g/mol. The monoisotopic (exact) mass is 322 g/mol. The number of ether oxygens (including phenoxy) is 2. The van der Waals surface area contributed by atoms with E-state index in [-0.39, 0.29) is 6.61 Å². The zero-order valence-corrected chi connectivity index (χ0v) is 13.3. The fraction of sp³-hybridized carbons (Fsp3) is 0.400. The smallest absolute Gasteiger partial charge is 0.329 e. The van der Waals surface area contributed by atoms with Crippen molar-refractivity contribution in [2.45, 2.75) is 12.5 Å². The van der Waals surface area contributed by atoms with Crippen molar-refractivity contribution in [3.05, 3.63) is 29.8 Å². The normalized spacial score (nSPS) is 11.1. The maximum absolute atomic E-state index is 12.3. The molecule has 0 spiro atoms. The summed E-state index contributed by atoms with van der Waals surface area (Å²) in [6.45, 7) is -0.334. The number of para-hydroxylation sites is 1. The second-order valence-electron chi connectivity index (χ2n) is 4.27. The van der Waals surface area contributed by atoms with Gasteiger partial charge in [0.15, 0.2) is 6.61 Å². The van der Waals surface area contributed by atoms with Crippen molar-refractivity contribution >= 4 is 23.6 Å². The topological polar surface area (TPSA) is 88.4 Å². The molecule has 0 aliphatic heterocycles. The molecule has 1 N–H and O–H groups in total. The Bertz CT molecular complexity index is 557. The summed E-state index contributed by atoms with van der Waals surface area (Å²) < 4.78 is 9.92. The fourth-order valence-electron chi connectivity index (χ4n) is 1.76. The Morgan fingerprint density at radius 2 is 2.14 bits per heavy atom. The lowest BCUT2D eigenvalue weighted by Crippen LogP contribution is -2.42. The number of carbonyl (C=O) groups excluding carboxylic acids is 2. The minimum Gasteiger partial charge on any atom is -0.496 e. The largest absolute Gasteiger partial charge is 0.496 e. The number of carbonyl (C=O) groups is 2. The molecular weight excluding hydrogens is 304 g/mol. The SMILES string of the molecule is COc1ccccc1C(=O)N[C@H](CCSC)C(=O)OCC#N. The van der Waals surface area contributed by atoms with Gasteiger partial charge in [0.25, 0.3) is 5.91 Å². The molecule has 6 nitrogen and oxygen atoms in total. The van der Waals surface area contributed by atoms with Crippen molar-refractivity contribution in [1.29, 1.82) is 5.26 Å². The van der Waals surface area contributed by atoms with Gasteiger partial charge in [-0.25, -0.2) is 4.79 Å². The summed E-state index contributed by atoms with van der Waals surface area (Å²) in [5.74, 6) is 0.0729. The minimum atomic E-state index is -0.793. The number of esters is 1. The van der Waals surface area contributed by atoms with E-state index in [0.717, 1.165) is 0 Å². The number of hydrogen-bond donors (Lipinski definition) is 1. The third-order valence-corrected chi connectivity index (χ3v) is 3.48. The van der Waals surface area contributed by atoms with Crippen molar-refractivity contribution in [2.75, 3.05) is 25.7 Å². The first-order valence-electron chi connectivity index (χ1n) is 6.60. The molecule has 1 aromatic rings. The highest BCUT2D eigenvalue weighted by molar-refractivity contribution is 7.98. The van der Waals surface area contributed by atoms with E-state index in [9.17, 15) is 9.59 Å². The summed E-state index contributed by atoms with van der Waals surface area (Å²) in [4.78, 5) is 24.2. The fourth-order valence-corrected chi connectivity index (χ4v) is 2.23. The summed E-state index contributed by atoms with van der Waals surface area (Å²) in [5, 5.41) is 11.1. The van der Waals surface area contributed by atoms with Crippen molar-refractivity contribution in [2.24, 2.45) is 0 Å². The predicted molar refractivity (Wildman–Crippen MR) is 83.8 cm³/mol. The molecule has 0 bridgehead atoms. The van der Waals surface area contributed by atoms with Crippen LogP contribution in [0.1, 0.15) is 16.8 Å². The van der Waals surface area contributed by atoms with Crippen molar-refractivity contribution in [3.8, 4) is 11.8 Å². The highest BCUT2D eigenvalue weighted by Gasteiger charge is 2.23. The first-order valence-corrected chi connectivity index (χ1v) is 7.99. The molecule has 0 heterocycles. The maximum Gasteiger partial charge on any atom is 0.329 e. The first kappa shape index (κ1) is 17.9. The molecule has 0 aromatic heterocycles. The Balaban J connectivity index is 2.81. The number of nitriles is 1. The molecule has 22 heavy (non-hydrogen) atoms. The van der Waals surface area contributed by atoms with Crippen LogP contribution < -0.4 is 10.1 Å². The van der Waals surface area contributed by atoms with Gasteiger partial charge in [0.05, 0.1) is 12.7 Å². The third-order valence-electron chi connectivity index (χ3n) is 2.83. The number of rotatable bonds is 8. The van der Waals surface area contributed by atoms with Crippen molar-refractivity contribution < 1.29 is 19.1 Å². The maximum atomic E-state index is 12.3. The Morgan fingerprint density at radius 3 is 2.77 bits per heavy atom. The number of thioether (sulfide) groups is 1. The molecule has 0 unspecified atom stereocenters. The Morgan fingerprint density at radius 1 is 1.41 bits per heavy atom. The van der Waals surface area contributed by atoms with Crippen LogP contribution >= 0.6 is 11.8 Å². The molecule has 1 amide bonds. The van der Waals surface area contributed by atoms with Crippen LogP contribution in [0.4, 0.5) is 0 Å². The number of benzene rings is 1. The molecule has 1 aromatic carbocycles. The molecule has 0 saturated carbocycles. The zero-order valence-electron chi connectivity index (χ0n) is 12.5. The van der Waals surface area contributed by atoms with Crippen LogP contribution in [-0.2, 0) is 9.53 Å². The lowest BCUT2D eigenvalue weighted by Gasteiger charge is -2.17. The molecule has 0 aliphatic carbocycles. The van der Waals surface area contributed by atoms with Crippen LogP contribution in [0.3, 0.4) is 0 Å². The van der Waals surface area contributed by atoms with Gasteiger partial charge in [-0.3, -0.25) is 4.79 Å². The van der Waals surface area contributed by atoms with Crippen LogP contribution in [0.2, 0.25) is 0 Å². The Kier molecular flexibility index (Phi) is 7.86. The van der Waals surface area contributed by atoms with Gasteiger partial charge in [-0.2, -0.15) is 17.0 Å². The van der Waals surface area contributed by atoms with Crippen LogP contribution in [0.15, 0.2) is 24.3 Å². The lowest BCUT2D eigenvalue weighted by atomic mass is 10.1. The molecule has 0 fully saturated rings. The van der Waals surface area contributed by atoms with Gasteiger partial charge in [-0.15, -0.1) is 0 Å². The summed E-state index contributed by atoms with van der Waals surface area (Å²) >= 11 is 1.55. The average Bonchev–Trinajstić information content (AvgIpc) is 2.55. The van der Waals surface area contributed by atoms with E-state index >= 15 is 0 Å². The Labute approximate surface area is 133 Å². The highest BCUT2D eigenvalue weighted by atomic mass is 32.2. The Hall–Kier alpha value is -2.20. The summed E-state index contributed by atoms with van der Waals surface area (Å²) in [7, 11) is 1.47. The second-order valence-corrected chi connectivity index (χ2v) is 5.26. The number of methoxy groups -OCH3 is 1. The predicted octanol–water partition coefficient (Wildman–Crippen LogP) is 1.61. The molecule has 1 atom stereocenters. The van der Waals surface area contributed by atoms with E-state index in [1.54, 1.807) is 42.1 Å². The number of nitrogens with one attached hydrogen (secondary N) is 1. The van der Waals surface area contributed by atoms with E-state index in [1.165, 1.54) is 7.11 Å². The van der Waals surface area contributed by atoms with Crippen LogP contribution in [0.25, 0.3) is 0 Å². The van der Waals surface area contributed by atoms with Gasteiger partial charge < -0.3 is 14.8 Å². The van der Waals surface area contributed by atoms with E-state index in [4.69, 9.17) is 14.7 Å². The molecule has 0 radical (unpaired) electrons. The number of hydrogen-bond acceptors (Lipinski definition) is 6. The van der Waals surface area contributed by atoms with Crippen LogP contribution in [-0.4, -0.2) is 43.6 Å². The van der Waals surface area contributed by atoms with Gasteiger partial charge in [0, 0.05) is 0 Å². The van der Waals surface area contributed by atoms with E-state index in [1.807, 2.05) is 6.26 Å². The lowest BCUT2D eigenvalue weighted by molar-refractivity contribution is -0.144. The summed E-state index contributed by atoms with van der Waals surface area (Å²) in [5.41, 5.74) is 0.340. The van der Waals surface area contributed by atoms with Gasteiger partial charge >= 0.3 is 5.97 Å². The number of nitrogens with zero attached hydrogens (tertiary/aromatic N) is 1. The van der Waals surface area contributed by atoms with E-state index in [2.05, 4.69) is 5.32 Å². The van der Waals surface area contributed by atoms with Gasteiger partial charge in [-0.1, -0.05) is 12.1 Å². The van der Waals surface area contributed by atoms with Gasteiger partial charge in [-0.05, 0) is 30.6 Å².